The summed E-state index contributed by atoms with van der Waals surface area (Å²) in [4.78, 5) is 16.0. The smallest absolute Gasteiger partial charge is 0.422 e. The minimum Gasteiger partial charge on any atom is -0.484 e. The molecule has 0 heterocycles. The first kappa shape index (κ1) is 25.5. The van der Waals surface area contributed by atoms with Crippen molar-refractivity contribution in [1.29, 1.82) is 0 Å². The van der Waals surface area contributed by atoms with Crippen molar-refractivity contribution in [2.75, 3.05) is 25.5 Å². The maximum atomic E-state index is 12.5. The molecule has 0 radical (unpaired) electrons. The molecule has 0 aliphatic carbocycles. The van der Waals surface area contributed by atoms with E-state index in [2.05, 4.69) is 20.9 Å². The fourth-order valence-electron chi connectivity index (χ4n) is 2.39. The predicted molar refractivity (Wildman–Crippen MR) is 121 cm³/mol. The van der Waals surface area contributed by atoms with Crippen molar-refractivity contribution in [2.45, 2.75) is 19.6 Å². The van der Waals surface area contributed by atoms with Gasteiger partial charge in [-0.25, -0.2) is 0 Å². The topological polar surface area (TPSA) is 74.8 Å². The van der Waals surface area contributed by atoms with E-state index in [1.165, 1.54) is 7.05 Å². The Morgan fingerprint density at radius 3 is 2.43 bits per heavy atom. The summed E-state index contributed by atoms with van der Waals surface area (Å²) in [6.45, 7) is 0.549. The monoisotopic (exact) mass is 536 g/mol. The normalized spacial score (nSPS) is 11.3. The number of anilines is 1. The van der Waals surface area contributed by atoms with E-state index in [9.17, 15) is 18.0 Å². The Bertz CT molecular complexity index is 846. The molecule has 30 heavy (non-hydrogen) atoms. The number of para-hydroxylation sites is 1. The minimum atomic E-state index is -4.42. The molecule has 0 spiro atoms. The van der Waals surface area contributed by atoms with Crippen LogP contribution in [-0.2, 0) is 11.3 Å². The first-order valence-electron chi connectivity index (χ1n) is 8.85. The van der Waals surface area contributed by atoms with Crippen molar-refractivity contribution in [3.05, 3.63) is 59.7 Å². The van der Waals surface area contributed by atoms with Gasteiger partial charge in [0, 0.05) is 24.8 Å². The predicted octanol–water partition coefficient (Wildman–Crippen LogP) is 3.86. The van der Waals surface area contributed by atoms with E-state index in [1.807, 2.05) is 18.2 Å². The third-order valence-corrected chi connectivity index (χ3v) is 3.76. The van der Waals surface area contributed by atoms with Gasteiger partial charge in [-0.1, -0.05) is 30.3 Å². The van der Waals surface area contributed by atoms with Gasteiger partial charge in [-0.15, -0.1) is 24.0 Å². The van der Waals surface area contributed by atoms with Crippen molar-refractivity contribution in [3.8, 4) is 5.75 Å². The number of aryl methyl sites for hydroxylation is 1. The first-order chi connectivity index (χ1) is 13.8. The summed E-state index contributed by atoms with van der Waals surface area (Å²) in [7, 11) is 1.53. The molecule has 3 N–H and O–H groups in total. The van der Waals surface area contributed by atoms with Gasteiger partial charge in [0.15, 0.2) is 12.6 Å². The van der Waals surface area contributed by atoms with Gasteiger partial charge < -0.3 is 20.7 Å². The van der Waals surface area contributed by atoms with E-state index in [1.54, 1.807) is 37.3 Å². The van der Waals surface area contributed by atoms with Gasteiger partial charge in [-0.05, 0) is 30.7 Å². The van der Waals surface area contributed by atoms with Crippen LogP contribution in [0.25, 0.3) is 0 Å². The molecule has 0 unspecified atom stereocenters. The Morgan fingerprint density at radius 1 is 1.10 bits per heavy atom. The molecule has 0 fully saturated rings. The van der Waals surface area contributed by atoms with Crippen LogP contribution < -0.4 is 20.7 Å². The molecular formula is C20H24F3IN4O2. The first-order valence-corrected chi connectivity index (χ1v) is 8.85. The van der Waals surface area contributed by atoms with Gasteiger partial charge in [0.1, 0.15) is 5.75 Å². The number of rotatable bonds is 7. The second-order valence-electron chi connectivity index (χ2n) is 6.21. The molecule has 2 aromatic carbocycles. The van der Waals surface area contributed by atoms with Crippen LogP contribution in [0.3, 0.4) is 0 Å². The Balaban J connectivity index is 0.00000450. The number of carbonyl (C=O) groups is 1. The molecule has 0 atom stereocenters. The summed E-state index contributed by atoms with van der Waals surface area (Å²) in [6.07, 6.45) is -4.42. The summed E-state index contributed by atoms with van der Waals surface area (Å²) >= 11 is 0. The molecule has 0 saturated heterocycles. The van der Waals surface area contributed by atoms with Crippen LogP contribution in [-0.4, -0.2) is 38.2 Å². The van der Waals surface area contributed by atoms with Crippen LogP contribution in [0.2, 0.25) is 0 Å². The number of carbonyl (C=O) groups excluding carboxylic acids is 1. The van der Waals surface area contributed by atoms with Crippen LogP contribution in [0.5, 0.6) is 5.75 Å². The molecule has 10 heteroatoms. The highest BCUT2D eigenvalue weighted by Crippen LogP contribution is 2.23. The number of aliphatic imine (C=N–C) groups is 1. The Labute approximate surface area is 190 Å². The van der Waals surface area contributed by atoms with Crippen molar-refractivity contribution >= 4 is 41.5 Å². The summed E-state index contributed by atoms with van der Waals surface area (Å²) in [5.41, 5.74) is 2.00. The maximum absolute atomic E-state index is 12.5. The fraction of sp³-hybridized carbons (Fsp3) is 0.300. The van der Waals surface area contributed by atoms with Crippen molar-refractivity contribution in [2.24, 2.45) is 4.99 Å². The Hall–Kier alpha value is -2.50. The molecule has 1 amide bonds. The van der Waals surface area contributed by atoms with Gasteiger partial charge >= 0.3 is 6.18 Å². The standard InChI is InChI=1S/C20H23F3N4O2.HI/c1-14-8-9-15(17(10-14)29-13-20(21,22)23)11-25-19(24-2)26-12-18(28)27-16-6-4-3-5-7-16;/h3-10H,11-13H2,1-2H3,(H,27,28)(H2,24,25,26);1H. The molecule has 6 nitrogen and oxygen atoms in total. The van der Waals surface area contributed by atoms with E-state index in [0.717, 1.165) is 5.56 Å². The number of benzene rings is 2. The van der Waals surface area contributed by atoms with Crippen LogP contribution >= 0.6 is 24.0 Å². The zero-order valence-electron chi connectivity index (χ0n) is 16.5. The number of alkyl halides is 3. The van der Waals surface area contributed by atoms with Crippen LogP contribution in [0.1, 0.15) is 11.1 Å². The number of hydrogen-bond acceptors (Lipinski definition) is 3. The van der Waals surface area contributed by atoms with Gasteiger partial charge in [0.25, 0.3) is 0 Å². The number of ether oxygens (including phenoxy) is 1. The Kier molecular flexibility index (Phi) is 10.4. The largest absolute Gasteiger partial charge is 0.484 e. The summed E-state index contributed by atoms with van der Waals surface area (Å²) in [5.74, 6) is 0.214. The number of hydrogen-bond donors (Lipinski definition) is 3. The number of nitrogens with one attached hydrogen (secondary N) is 3. The van der Waals surface area contributed by atoms with Crippen LogP contribution in [0, 0.1) is 6.92 Å². The average molecular weight is 536 g/mol. The summed E-state index contributed by atoms with van der Waals surface area (Å²) in [5, 5.41) is 8.54. The third-order valence-electron chi connectivity index (χ3n) is 3.76. The molecule has 2 rings (SSSR count). The molecule has 0 aliphatic rings. The average Bonchev–Trinajstić information content (AvgIpc) is 2.67. The van der Waals surface area contributed by atoms with E-state index >= 15 is 0 Å². The second kappa shape index (κ2) is 12.3. The lowest BCUT2D eigenvalue weighted by Gasteiger charge is -2.16. The number of amides is 1. The summed E-state index contributed by atoms with van der Waals surface area (Å²) < 4.78 is 42.3. The van der Waals surface area contributed by atoms with E-state index in [0.29, 0.717) is 17.2 Å². The molecule has 0 aliphatic heterocycles. The van der Waals surface area contributed by atoms with Crippen molar-refractivity contribution in [3.63, 3.8) is 0 Å². The lowest BCUT2D eigenvalue weighted by Crippen LogP contribution is -2.41. The summed E-state index contributed by atoms with van der Waals surface area (Å²) in [6, 6.07) is 14.0. The molecular weight excluding hydrogens is 512 g/mol. The molecule has 2 aromatic rings. The second-order valence-corrected chi connectivity index (χ2v) is 6.21. The van der Waals surface area contributed by atoms with Crippen LogP contribution in [0.15, 0.2) is 53.5 Å². The van der Waals surface area contributed by atoms with E-state index in [-0.39, 0.29) is 48.7 Å². The van der Waals surface area contributed by atoms with E-state index in [4.69, 9.17) is 4.74 Å². The molecule has 0 bridgehead atoms. The van der Waals surface area contributed by atoms with Gasteiger partial charge in [-0.2, -0.15) is 13.2 Å². The fourth-order valence-corrected chi connectivity index (χ4v) is 2.39. The zero-order valence-corrected chi connectivity index (χ0v) is 18.9. The highest BCUT2D eigenvalue weighted by molar-refractivity contribution is 14.0. The SMILES string of the molecule is CN=C(NCC(=O)Nc1ccccc1)NCc1ccc(C)cc1OCC(F)(F)F.I. The molecule has 0 saturated carbocycles. The molecule has 164 valence electrons. The van der Waals surface area contributed by atoms with Crippen molar-refractivity contribution < 1.29 is 22.7 Å². The number of nitrogens with zero attached hydrogens (tertiary/aromatic N) is 1. The molecule has 0 aromatic heterocycles. The third kappa shape index (κ3) is 9.33. The number of halogens is 4. The minimum absolute atomic E-state index is 0. The highest BCUT2D eigenvalue weighted by Gasteiger charge is 2.28. The Morgan fingerprint density at radius 2 is 1.80 bits per heavy atom. The highest BCUT2D eigenvalue weighted by atomic mass is 127. The lowest BCUT2D eigenvalue weighted by molar-refractivity contribution is -0.153. The number of guanidine groups is 1. The van der Waals surface area contributed by atoms with Gasteiger partial charge in [0.05, 0.1) is 6.54 Å². The zero-order chi connectivity index (χ0) is 21.3. The lowest BCUT2D eigenvalue weighted by atomic mass is 10.1. The maximum Gasteiger partial charge on any atom is 0.422 e. The van der Waals surface area contributed by atoms with Gasteiger partial charge in [0.2, 0.25) is 5.91 Å². The van der Waals surface area contributed by atoms with Crippen molar-refractivity contribution in [1.82, 2.24) is 10.6 Å². The van der Waals surface area contributed by atoms with Crippen LogP contribution in [0.4, 0.5) is 18.9 Å². The quantitative estimate of drug-likeness (QED) is 0.286. The van der Waals surface area contributed by atoms with Gasteiger partial charge in [-0.3, -0.25) is 9.79 Å². The van der Waals surface area contributed by atoms with E-state index < -0.39 is 12.8 Å².